The van der Waals surface area contributed by atoms with Crippen LogP contribution in [0.2, 0.25) is 0 Å². The van der Waals surface area contributed by atoms with Crippen molar-refractivity contribution in [2.75, 3.05) is 13.6 Å². The highest BCUT2D eigenvalue weighted by molar-refractivity contribution is 7.11. The number of aromatic nitrogens is 1. The standard InChI is InChI=1S/C15H24N2OS/c1-17(11-15(18)7-2-3-8-15)10-13-9-16-14(19-13)12-5-4-6-12/h9,12,18H,2-8,10-11H2,1H3. The summed E-state index contributed by atoms with van der Waals surface area (Å²) in [7, 11) is 2.11. The van der Waals surface area contributed by atoms with Crippen molar-refractivity contribution in [2.24, 2.45) is 0 Å². The van der Waals surface area contributed by atoms with Crippen molar-refractivity contribution in [3.63, 3.8) is 0 Å². The molecule has 0 spiro atoms. The zero-order valence-corrected chi connectivity index (χ0v) is 12.6. The van der Waals surface area contributed by atoms with Crippen LogP contribution in [0.3, 0.4) is 0 Å². The lowest BCUT2D eigenvalue weighted by Gasteiger charge is -2.28. The Bertz CT molecular complexity index is 422. The first-order chi connectivity index (χ1) is 9.15. The van der Waals surface area contributed by atoms with E-state index in [4.69, 9.17) is 0 Å². The maximum absolute atomic E-state index is 10.4. The molecule has 2 aliphatic carbocycles. The van der Waals surface area contributed by atoms with Gasteiger partial charge >= 0.3 is 0 Å². The summed E-state index contributed by atoms with van der Waals surface area (Å²) in [5, 5.41) is 11.8. The highest BCUT2D eigenvalue weighted by Crippen LogP contribution is 2.38. The Morgan fingerprint density at radius 2 is 2.11 bits per heavy atom. The first-order valence-corrected chi connectivity index (χ1v) is 8.32. The van der Waals surface area contributed by atoms with Gasteiger partial charge in [-0.3, -0.25) is 4.90 Å². The van der Waals surface area contributed by atoms with Crippen LogP contribution in [0.4, 0.5) is 0 Å². The van der Waals surface area contributed by atoms with Gasteiger partial charge in [0.2, 0.25) is 0 Å². The van der Waals surface area contributed by atoms with Crippen molar-refractivity contribution in [3.8, 4) is 0 Å². The van der Waals surface area contributed by atoms with Crippen molar-refractivity contribution in [1.29, 1.82) is 0 Å². The van der Waals surface area contributed by atoms with E-state index in [9.17, 15) is 5.11 Å². The van der Waals surface area contributed by atoms with Gasteiger partial charge in [-0.25, -0.2) is 4.98 Å². The quantitative estimate of drug-likeness (QED) is 0.900. The van der Waals surface area contributed by atoms with Crippen LogP contribution in [0.15, 0.2) is 6.20 Å². The fourth-order valence-electron chi connectivity index (χ4n) is 3.26. The molecule has 1 heterocycles. The van der Waals surface area contributed by atoms with Gasteiger partial charge in [-0.1, -0.05) is 19.3 Å². The Kier molecular flexibility index (Phi) is 3.92. The summed E-state index contributed by atoms with van der Waals surface area (Å²) in [5.74, 6) is 0.739. The predicted octanol–water partition coefficient (Wildman–Crippen LogP) is 3.15. The lowest BCUT2D eigenvalue weighted by molar-refractivity contribution is 0.0147. The van der Waals surface area contributed by atoms with Crippen LogP contribution < -0.4 is 0 Å². The van der Waals surface area contributed by atoms with Gasteiger partial charge in [0.15, 0.2) is 0 Å². The van der Waals surface area contributed by atoms with E-state index in [1.165, 1.54) is 42.0 Å². The molecule has 0 aromatic carbocycles. The van der Waals surface area contributed by atoms with Crippen molar-refractivity contribution in [1.82, 2.24) is 9.88 Å². The van der Waals surface area contributed by atoms with Crippen molar-refractivity contribution >= 4 is 11.3 Å². The monoisotopic (exact) mass is 280 g/mol. The average Bonchev–Trinajstić information content (AvgIpc) is 2.86. The van der Waals surface area contributed by atoms with Gasteiger partial charge in [0.05, 0.1) is 10.6 Å². The van der Waals surface area contributed by atoms with Crippen LogP contribution in [0.25, 0.3) is 0 Å². The Hall–Kier alpha value is -0.450. The maximum atomic E-state index is 10.4. The molecule has 2 fully saturated rings. The minimum atomic E-state index is -0.434. The summed E-state index contributed by atoms with van der Waals surface area (Å²) in [6, 6.07) is 0. The van der Waals surface area contributed by atoms with Gasteiger partial charge in [0, 0.05) is 30.1 Å². The zero-order chi connectivity index (χ0) is 13.3. The molecule has 0 bridgehead atoms. The van der Waals surface area contributed by atoms with Crippen LogP contribution in [-0.4, -0.2) is 34.2 Å². The third-order valence-corrected chi connectivity index (χ3v) is 5.69. The van der Waals surface area contributed by atoms with Crippen LogP contribution in [0.5, 0.6) is 0 Å². The smallest absolute Gasteiger partial charge is 0.0959 e. The molecule has 2 saturated carbocycles. The number of hydrogen-bond acceptors (Lipinski definition) is 4. The molecule has 19 heavy (non-hydrogen) atoms. The summed E-state index contributed by atoms with van der Waals surface area (Å²) in [6.07, 6.45) is 10.3. The van der Waals surface area contributed by atoms with Crippen LogP contribution in [-0.2, 0) is 6.54 Å². The molecule has 3 rings (SSSR count). The molecule has 1 aromatic heterocycles. The molecular formula is C15H24N2OS. The number of hydrogen-bond donors (Lipinski definition) is 1. The average molecular weight is 280 g/mol. The number of thiazole rings is 1. The Morgan fingerprint density at radius 3 is 2.74 bits per heavy atom. The van der Waals surface area contributed by atoms with Gasteiger partial charge in [0.1, 0.15) is 0 Å². The Balaban J connectivity index is 1.53. The summed E-state index contributed by atoms with van der Waals surface area (Å²) in [4.78, 5) is 8.16. The van der Waals surface area contributed by atoms with E-state index in [1.807, 2.05) is 17.5 Å². The number of aliphatic hydroxyl groups is 1. The van der Waals surface area contributed by atoms with E-state index in [1.54, 1.807) is 0 Å². The van der Waals surface area contributed by atoms with Crippen LogP contribution in [0, 0.1) is 0 Å². The van der Waals surface area contributed by atoms with Gasteiger partial charge in [-0.05, 0) is 32.7 Å². The number of rotatable bonds is 5. The Labute approximate surface area is 119 Å². The van der Waals surface area contributed by atoms with E-state index in [2.05, 4.69) is 16.9 Å². The van der Waals surface area contributed by atoms with E-state index >= 15 is 0 Å². The lowest BCUT2D eigenvalue weighted by atomic mass is 9.86. The normalized spacial score (nSPS) is 22.9. The predicted molar refractivity (Wildman–Crippen MR) is 78.5 cm³/mol. The lowest BCUT2D eigenvalue weighted by Crippen LogP contribution is -2.38. The highest BCUT2D eigenvalue weighted by atomic mass is 32.1. The van der Waals surface area contributed by atoms with Gasteiger partial charge < -0.3 is 5.11 Å². The highest BCUT2D eigenvalue weighted by Gasteiger charge is 2.32. The van der Waals surface area contributed by atoms with Crippen LogP contribution in [0.1, 0.15) is 60.7 Å². The molecule has 0 radical (unpaired) electrons. The topological polar surface area (TPSA) is 36.4 Å². The van der Waals surface area contributed by atoms with Crippen molar-refractivity contribution < 1.29 is 5.11 Å². The van der Waals surface area contributed by atoms with E-state index in [0.717, 1.165) is 31.8 Å². The van der Waals surface area contributed by atoms with E-state index in [-0.39, 0.29) is 0 Å². The maximum Gasteiger partial charge on any atom is 0.0959 e. The second-order valence-electron chi connectivity index (χ2n) is 6.40. The molecule has 0 amide bonds. The molecule has 3 nitrogen and oxygen atoms in total. The van der Waals surface area contributed by atoms with Crippen LogP contribution >= 0.6 is 11.3 Å². The first-order valence-electron chi connectivity index (χ1n) is 7.50. The molecule has 2 aliphatic rings. The second-order valence-corrected chi connectivity index (χ2v) is 7.54. The Morgan fingerprint density at radius 1 is 1.37 bits per heavy atom. The van der Waals surface area contributed by atoms with Gasteiger partial charge in [0.25, 0.3) is 0 Å². The third-order valence-electron chi connectivity index (χ3n) is 4.55. The molecule has 0 saturated heterocycles. The van der Waals surface area contributed by atoms with E-state index < -0.39 is 5.60 Å². The molecular weight excluding hydrogens is 256 g/mol. The van der Waals surface area contributed by atoms with Gasteiger partial charge in [-0.15, -0.1) is 11.3 Å². The minimum Gasteiger partial charge on any atom is -0.389 e. The summed E-state index contributed by atoms with van der Waals surface area (Å²) < 4.78 is 0. The van der Waals surface area contributed by atoms with Gasteiger partial charge in [-0.2, -0.15) is 0 Å². The fraction of sp³-hybridized carbons (Fsp3) is 0.800. The molecule has 0 unspecified atom stereocenters. The molecule has 4 heteroatoms. The molecule has 1 N–H and O–H groups in total. The third kappa shape index (κ3) is 3.18. The number of nitrogens with zero attached hydrogens (tertiary/aromatic N) is 2. The van der Waals surface area contributed by atoms with Crippen molar-refractivity contribution in [2.45, 2.75) is 63.0 Å². The molecule has 1 aromatic rings. The SMILES string of the molecule is CN(Cc1cnc(C2CCC2)s1)CC1(O)CCCC1. The van der Waals surface area contributed by atoms with Crippen molar-refractivity contribution in [3.05, 3.63) is 16.1 Å². The number of likely N-dealkylation sites (N-methyl/N-ethyl adjacent to an activating group) is 1. The summed E-state index contributed by atoms with van der Waals surface area (Å²) >= 11 is 1.87. The minimum absolute atomic E-state index is 0.434. The summed E-state index contributed by atoms with van der Waals surface area (Å²) in [6.45, 7) is 1.72. The van der Waals surface area contributed by atoms with E-state index in [0.29, 0.717) is 0 Å². The second kappa shape index (κ2) is 5.51. The zero-order valence-electron chi connectivity index (χ0n) is 11.8. The fourth-order valence-corrected chi connectivity index (χ4v) is 4.42. The molecule has 0 atom stereocenters. The first kappa shape index (κ1) is 13.5. The molecule has 106 valence electrons. The largest absolute Gasteiger partial charge is 0.389 e. The molecule has 0 aliphatic heterocycles. The summed E-state index contributed by atoms with van der Waals surface area (Å²) in [5.41, 5.74) is -0.434.